The van der Waals surface area contributed by atoms with E-state index in [1.807, 2.05) is 0 Å². The summed E-state index contributed by atoms with van der Waals surface area (Å²) in [4.78, 5) is 3.97. The zero-order valence-electron chi connectivity index (χ0n) is 8.55. The molecule has 16 heavy (non-hydrogen) atoms. The van der Waals surface area contributed by atoms with Gasteiger partial charge in [-0.05, 0) is 34.1 Å². The molecular formula is C11H10BrNO3. The molecule has 2 aromatic rings. The number of rotatable bonds is 3. The van der Waals surface area contributed by atoms with Gasteiger partial charge in [0.2, 0.25) is 0 Å². The van der Waals surface area contributed by atoms with Crippen LogP contribution >= 0.6 is 15.9 Å². The lowest BCUT2D eigenvalue weighted by molar-refractivity contribution is 0.187. The smallest absolute Gasteiger partial charge is 0.169 e. The molecule has 0 aliphatic heterocycles. The molecule has 2 heterocycles. The summed E-state index contributed by atoms with van der Waals surface area (Å²) in [5.41, 5.74) is 0.626. The second-order valence-electron chi connectivity index (χ2n) is 3.20. The minimum Gasteiger partial charge on any atom is -0.495 e. The molecule has 0 saturated carbocycles. The fraction of sp³-hybridized carbons (Fsp3) is 0.182. The molecule has 0 amide bonds. The molecule has 0 bridgehead atoms. The minimum atomic E-state index is -0.839. The summed E-state index contributed by atoms with van der Waals surface area (Å²) in [7, 11) is 1.55. The van der Waals surface area contributed by atoms with Crippen molar-refractivity contribution >= 4 is 15.9 Å². The first-order valence-corrected chi connectivity index (χ1v) is 5.42. The van der Waals surface area contributed by atoms with E-state index in [1.54, 1.807) is 37.7 Å². The lowest BCUT2D eigenvalue weighted by Gasteiger charge is -2.08. The highest BCUT2D eigenvalue weighted by Gasteiger charge is 2.15. The third kappa shape index (κ3) is 2.25. The van der Waals surface area contributed by atoms with Crippen LogP contribution in [0.15, 0.2) is 39.7 Å². The van der Waals surface area contributed by atoms with E-state index in [0.717, 1.165) is 0 Å². The Morgan fingerprint density at radius 3 is 2.88 bits per heavy atom. The monoisotopic (exact) mass is 283 g/mol. The molecule has 0 aliphatic rings. The lowest BCUT2D eigenvalue weighted by atomic mass is 10.1. The van der Waals surface area contributed by atoms with Crippen LogP contribution in [0, 0.1) is 0 Å². The van der Waals surface area contributed by atoms with Crippen molar-refractivity contribution in [1.82, 2.24) is 4.98 Å². The van der Waals surface area contributed by atoms with E-state index in [4.69, 9.17) is 9.15 Å². The number of pyridine rings is 1. The van der Waals surface area contributed by atoms with Crippen LogP contribution in [-0.2, 0) is 0 Å². The molecule has 84 valence electrons. The second-order valence-corrected chi connectivity index (χ2v) is 3.98. The highest BCUT2D eigenvalue weighted by atomic mass is 79.9. The van der Waals surface area contributed by atoms with Crippen molar-refractivity contribution in [3.8, 4) is 5.75 Å². The van der Waals surface area contributed by atoms with Gasteiger partial charge in [-0.1, -0.05) is 0 Å². The number of furan rings is 1. The molecule has 0 radical (unpaired) electrons. The van der Waals surface area contributed by atoms with Gasteiger partial charge in [-0.3, -0.25) is 4.98 Å². The summed E-state index contributed by atoms with van der Waals surface area (Å²) >= 11 is 3.18. The van der Waals surface area contributed by atoms with Crippen LogP contribution in [0.5, 0.6) is 5.75 Å². The van der Waals surface area contributed by atoms with Crippen LogP contribution in [0.1, 0.15) is 17.4 Å². The summed E-state index contributed by atoms with van der Waals surface area (Å²) in [5, 5.41) is 10.0. The lowest BCUT2D eigenvalue weighted by Crippen LogP contribution is -1.99. The quantitative estimate of drug-likeness (QED) is 0.941. The zero-order valence-corrected chi connectivity index (χ0v) is 10.1. The van der Waals surface area contributed by atoms with Crippen LogP contribution in [0.2, 0.25) is 0 Å². The maximum absolute atomic E-state index is 10.0. The highest BCUT2D eigenvalue weighted by molar-refractivity contribution is 9.10. The minimum absolute atomic E-state index is 0.460. The number of halogens is 1. The van der Waals surface area contributed by atoms with Crippen molar-refractivity contribution in [1.29, 1.82) is 0 Å². The maximum Gasteiger partial charge on any atom is 0.169 e. The van der Waals surface area contributed by atoms with Gasteiger partial charge in [0.25, 0.3) is 0 Å². The van der Waals surface area contributed by atoms with Gasteiger partial charge in [0.15, 0.2) is 4.67 Å². The predicted octanol–water partition coefficient (Wildman–Crippen LogP) is 2.53. The third-order valence-electron chi connectivity index (χ3n) is 2.15. The Kier molecular flexibility index (Phi) is 3.26. The Labute approximate surface area is 101 Å². The molecule has 0 fully saturated rings. The van der Waals surface area contributed by atoms with Gasteiger partial charge in [-0.2, -0.15) is 0 Å². The van der Waals surface area contributed by atoms with Gasteiger partial charge >= 0.3 is 0 Å². The van der Waals surface area contributed by atoms with E-state index in [9.17, 15) is 5.11 Å². The molecule has 2 rings (SSSR count). The molecule has 0 aromatic carbocycles. The average molecular weight is 284 g/mol. The third-order valence-corrected chi connectivity index (χ3v) is 2.58. The van der Waals surface area contributed by atoms with E-state index in [2.05, 4.69) is 20.9 Å². The number of methoxy groups -OCH3 is 1. The second kappa shape index (κ2) is 4.67. The fourth-order valence-electron chi connectivity index (χ4n) is 1.34. The first-order valence-electron chi connectivity index (χ1n) is 4.63. The van der Waals surface area contributed by atoms with Gasteiger partial charge in [-0.25, -0.2) is 0 Å². The summed E-state index contributed by atoms with van der Waals surface area (Å²) in [6.45, 7) is 0. The van der Waals surface area contributed by atoms with E-state index in [-0.39, 0.29) is 0 Å². The first kappa shape index (κ1) is 11.2. The summed E-state index contributed by atoms with van der Waals surface area (Å²) < 4.78 is 10.9. The molecule has 0 saturated heterocycles. The SMILES string of the molecule is COc1cncc(C(O)c2ccc(Br)o2)c1. The van der Waals surface area contributed by atoms with Gasteiger partial charge in [0, 0.05) is 11.8 Å². The van der Waals surface area contributed by atoms with Crippen LogP contribution in [0.4, 0.5) is 0 Å². The van der Waals surface area contributed by atoms with Crippen molar-refractivity contribution in [2.24, 2.45) is 0 Å². The summed E-state index contributed by atoms with van der Waals surface area (Å²) in [6.07, 6.45) is 2.31. The number of hydrogen-bond acceptors (Lipinski definition) is 4. The van der Waals surface area contributed by atoms with Gasteiger partial charge in [0.1, 0.15) is 17.6 Å². The highest BCUT2D eigenvalue weighted by Crippen LogP contribution is 2.27. The largest absolute Gasteiger partial charge is 0.495 e. The van der Waals surface area contributed by atoms with Crippen molar-refractivity contribution in [2.45, 2.75) is 6.10 Å². The average Bonchev–Trinajstić information content (AvgIpc) is 2.75. The Morgan fingerprint density at radius 1 is 1.44 bits per heavy atom. The molecule has 5 heteroatoms. The Balaban J connectivity index is 2.29. The van der Waals surface area contributed by atoms with Crippen LogP contribution < -0.4 is 4.74 Å². The van der Waals surface area contributed by atoms with Crippen LogP contribution in [-0.4, -0.2) is 17.2 Å². The van der Waals surface area contributed by atoms with Crippen molar-refractivity contribution in [2.75, 3.05) is 7.11 Å². The number of aliphatic hydroxyl groups is 1. The molecular weight excluding hydrogens is 274 g/mol. The summed E-state index contributed by atoms with van der Waals surface area (Å²) in [6, 6.07) is 5.15. The number of hydrogen-bond donors (Lipinski definition) is 1. The van der Waals surface area contributed by atoms with Gasteiger partial charge < -0.3 is 14.3 Å². The fourth-order valence-corrected chi connectivity index (χ4v) is 1.66. The number of aromatic nitrogens is 1. The Hall–Kier alpha value is -1.33. The molecule has 2 aromatic heterocycles. The predicted molar refractivity (Wildman–Crippen MR) is 61.3 cm³/mol. The van der Waals surface area contributed by atoms with Gasteiger partial charge in [0.05, 0.1) is 13.3 Å². The number of aliphatic hydroxyl groups excluding tert-OH is 1. The number of nitrogens with zero attached hydrogens (tertiary/aromatic N) is 1. The maximum atomic E-state index is 10.0. The molecule has 1 N–H and O–H groups in total. The summed E-state index contributed by atoms with van der Waals surface area (Å²) in [5.74, 6) is 1.06. The topological polar surface area (TPSA) is 55.5 Å². The molecule has 0 spiro atoms. The normalized spacial score (nSPS) is 12.4. The first-order chi connectivity index (χ1) is 7.70. The number of ether oxygens (including phenoxy) is 1. The van der Waals surface area contributed by atoms with E-state index in [1.165, 1.54) is 0 Å². The van der Waals surface area contributed by atoms with Gasteiger partial charge in [-0.15, -0.1) is 0 Å². The zero-order chi connectivity index (χ0) is 11.5. The van der Waals surface area contributed by atoms with E-state index < -0.39 is 6.10 Å². The molecule has 1 atom stereocenters. The van der Waals surface area contributed by atoms with Crippen molar-refractivity contribution < 1.29 is 14.3 Å². The Morgan fingerprint density at radius 2 is 2.25 bits per heavy atom. The Bertz CT molecular complexity index is 484. The molecule has 4 nitrogen and oxygen atoms in total. The van der Waals surface area contributed by atoms with Crippen LogP contribution in [0.3, 0.4) is 0 Å². The standard InChI is InChI=1S/C11H10BrNO3/c1-15-8-4-7(5-13-6-8)11(14)9-2-3-10(12)16-9/h2-6,11,14H,1H3. The molecule has 1 unspecified atom stereocenters. The van der Waals surface area contributed by atoms with Crippen molar-refractivity contribution in [3.63, 3.8) is 0 Å². The van der Waals surface area contributed by atoms with E-state index in [0.29, 0.717) is 21.7 Å². The van der Waals surface area contributed by atoms with Crippen molar-refractivity contribution in [3.05, 3.63) is 46.6 Å². The molecule has 0 aliphatic carbocycles. The van der Waals surface area contributed by atoms with E-state index >= 15 is 0 Å². The van der Waals surface area contributed by atoms with Crippen LogP contribution in [0.25, 0.3) is 0 Å².